The summed E-state index contributed by atoms with van der Waals surface area (Å²) in [5, 5.41) is 13.0. The zero-order valence-corrected chi connectivity index (χ0v) is 17.6. The fourth-order valence-corrected chi connectivity index (χ4v) is 3.57. The molecule has 3 rings (SSSR count). The maximum Gasteiger partial charge on any atom is 0.407 e. The minimum Gasteiger partial charge on any atom is -0.481 e. The summed E-state index contributed by atoms with van der Waals surface area (Å²) in [6, 6.07) is 5.49. The predicted molar refractivity (Wildman–Crippen MR) is 111 cm³/mol. The number of hydrogen-bond donors (Lipinski definition) is 3. The van der Waals surface area contributed by atoms with Crippen molar-refractivity contribution in [2.75, 3.05) is 12.4 Å². The molecule has 0 aromatic carbocycles. The van der Waals surface area contributed by atoms with Crippen LogP contribution in [0, 0.1) is 0 Å². The molecule has 3 atom stereocenters. The normalized spacial score (nSPS) is 19.2. The molecule has 2 aromatic heterocycles. The van der Waals surface area contributed by atoms with Gasteiger partial charge in [0.15, 0.2) is 5.82 Å². The van der Waals surface area contributed by atoms with Crippen LogP contribution in [0.3, 0.4) is 0 Å². The molecule has 0 aliphatic heterocycles. The quantitative estimate of drug-likeness (QED) is 0.609. The summed E-state index contributed by atoms with van der Waals surface area (Å²) >= 11 is 0. The number of pyridine rings is 1. The predicted octanol–water partition coefficient (Wildman–Crippen LogP) is 3.16. The van der Waals surface area contributed by atoms with Crippen molar-refractivity contribution >= 4 is 17.8 Å². The Bertz CT molecular complexity index is 869. The number of rotatable bonds is 8. The largest absolute Gasteiger partial charge is 0.481 e. The number of hydrogen-bond acceptors (Lipinski definition) is 6. The molecule has 3 N–H and O–H groups in total. The van der Waals surface area contributed by atoms with Crippen LogP contribution in [0.4, 0.5) is 10.6 Å². The molecule has 9 heteroatoms. The Kier molecular flexibility index (Phi) is 7.26. The van der Waals surface area contributed by atoms with Gasteiger partial charge in [-0.05, 0) is 38.7 Å². The fraction of sp³-hybridized carbons (Fsp3) is 0.524. The molecular formula is C21H29N5O4. The lowest BCUT2D eigenvalue weighted by Crippen LogP contribution is -2.35. The molecule has 9 nitrogen and oxygen atoms in total. The number of aromatic amines is 1. The third kappa shape index (κ3) is 5.71. The number of nitrogens with one attached hydrogen (secondary N) is 3. The van der Waals surface area contributed by atoms with Crippen LogP contribution < -0.4 is 15.4 Å². The van der Waals surface area contributed by atoms with Crippen molar-refractivity contribution < 1.29 is 19.1 Å². The van der Waals surface area contributed by atoms with Crippen LogP contribution in [0.15, 0.2) is 24.4 Å². The molecule has 2 amide bonds. The van der Waals surface area contributed by atoms with Crippen LogP contribution in [-0.2, 0) is 16.0 Å². The van der Waals surface area contributed by atoms with E-state index < -0.39 is 0 Å². The van der Waals surface area contributed by atoms with Gasteiger partial charge in [-0.25, -0.2) is 9.78 Å². The van der Waals surface area contributed by atoms with Crippen LogP contribution in [0.25, 0.3) is 0 Å². The van der Waals surface area contributed by atoms with Crippen molar-refractivity contribution in [3.8, 4) is 5.88 Å². The van der Waals surface area contributed by atoms with E-state index in [0.29, 0.717) is 17.3 Å². The van der Waals surface area contributed by atoms with Gasteiger partial charge < -0.3 is 20.1 Å². The minimum absolute atomic E-state index is 0.0749. The van der Waals surface area contributed by atoms with E-state index in [1.807, 2.05) is 19.9 Å². The molecule has 2 heterocycles. The lowest BCUT2D eigenvalue weighted by atomic mass is 10.0. The van der Waals surface area contributed by atoms with E-state index >= 15 is 0 Å². The Hall–Kier alpha value is -3.10. The van der Waals surface area contributed by atoms with Crippen molar-refractivity contribution in [3.63, 3.8) is 0 Å². The highest BCUT2D eigenvalue weighted by molar-refractivity contribution is 5.91. The van der Waals surface area contributed by atoms with Crippen LogP contribution in [0.1, 0.15) is 56.7 Å². The van der Waals surface area contributed by atoms with Gasteiger partial charge in [0, 0.05) is 35.5 Å². The first-order chi connectivity index (χ1) is 14.5. The summed E-state index contributed by atoms with van der Waals surface area (Å²) in [4.78, 5) is 28.4. The Morgan fingerprint density at radius 3 is 2.97 bits per heavy atom. The van der Waals surface area contributed by atoms with Gasteiger partial charge >= 0.3 is 6.09 Å². The molecule has 1 aliphatic rings. The molecule has 162 valence electrons. The second-order valence-electron chi connectivity index (χ2n) is 7.58. The number of anilines is 1. The zero-order valence-electron chi connectivity index (χ0n) is 17.6. The molecule has 1 saturated carbocycles. The highest BCUT2D eigenvalue weighted by Gasteiger charge is 2.29. The number of amides is 2. The van der Waals surface area contributed by atoms with Gasteiger partial charge in [0.2, 0.25) is 11.8 Å². The average Bonchev–Trinajstić information content (AvgIpc) is 3.37. The highest BCUT2D eigenvalue weighted by atomic mass is 16.6. The molecule has 3 unspecified atom stereocenters. The summed E-state index contributed by atoms with van der Waals surface area (Å²) in [6.45, 7) is 3.85. The Labute approximate surface area is 175 Å². The van der Waals surface area contributed by atoms with E-state index in [1.165, 1.54) is 7.11 Å². The summed E-state index contributed by atoms with van der Waals surface area (Å²) in [5.74, 6) is 0.964. The molecule has 2 aromatic rings. The van der Waals surface area contributed by atoms with E-state index in [1.54, 1.807) is 18.3 Å². The first-order valence-corrected chi connectivity index (χ1v) is 10.3. The first kappa shape index (κ1) is 21.6. The number of carbonyl (C=O) groups excluding carboxylic acids is 2. The molecule has 0 bridgehead atoms. The SMILES string of the molecule is CCC(C)OC(=O)NC1CCC(c2cc(NC(=O)Cc3cccnc3OC)n[nH]2)C1. The second-order valence-corrected chi connectivity index (χ2v) is 7.58. The molecule has 0 radical (unpaired) electrons. The summed E-state index contributed by atoms with van der Waals surface area (Å²) in [6.07, 6.45) is 4.71. The lowest BCUT2D eigenvalue weighted by molar-refractivity contribution is -0.115. The third-order valence-electron chi connectivity index (χ3n) is 5.34. The van der Waals surface area contributed by atoms with Crippen molar-refractivity contribution in [2.45, 2.75) is 64.0 Å². The maximum absolute atomic E-state index is 12.4. The van der Waals surface area contributed by atoms with Crippen LogP contribution in [0.5, 0.6) is 5.88 Å². The van der Waals surface area contributed by atoms with Gasteiger partial charge in [-0.15, -0.1) is 0 Å². The van der Waals surface area contributed by atoms with E-state index in [0.717, 1.165) is 31.4 Å². The van der Waals surface area contributed by atoms with E-state index in [4.69, 9.17) is 9.47 Å². The van der Waals surface area contributed by atoms with Crippen LogP contribution >= 0.6 is 0 Å². The minimum atomic E-state index is -0.363. The van der Waals surface area contributed by atoms with Crippen molar-refractivity contribution in [1.29, 1.82) is 0 Å². The number of carbonyl (C=O) groups is 2. The lowest BCUT2D eigenvalue weighted by Gasteiger charge is -2.16. The smallest absolute Gasteiger partial charge is 0.407 e. The molecule has 30 heavy (non-hydrogen) atoms. The molecular weight excluding hydrogens is 386 g/mol. The van der Waals surface area contributed by atoms with Crippen molar-refractivity contribution in [3.05, 3.63) is 35.7 Å². The second kappa shape index (κ2) is 10.1. The number of methoxy groups -OCH3 is 1. The number of ether oxygens (including phenoxy) is 2. The average molecular weight is 415 g/mol. The number of alkyl carbamates (subject to hydrolysis) is 1. The third-order valence-corrected chi connectivity index (χ3v) is 5.34. The number of aromatic nitrogens is 3. The molecule has 0 saturated heterocycles. The standard InChI is InChI=1S/C21H29N5O4/c1-4-13(2)30-21(28)23-16-8-7-14(10-16)17-12-18(26-25-17)24-19(27)11-15-6-5-9-22-20(15)29-3/h5-6,9,12-14,16H,4,7-8,10-11H2,1-3H3,(H,23,28)(H2,24,25,26,27). The van der Waals surface area contributed by atoms with Gasteiger partial charge in [0.1, 0.15) is 6.10 Å². The monoisotopic (exact) mass is 415 g/mol. The molecule has 0 spiro atoms. The van der Waals surface area contributed by atoms with Crippen LogP contribution in [0.2, 0.25) is 0 Å². The van der Waals surface area contributed by atoms with E-state index in [2.05, 4.69) is 25.8 Å². The summed E-state index contributed by atoms with van der Waals surface area (Å²) in [7, 11) is 1.53. The van der Waals surface area contributed by atoms with E-state index in [-0.39, 0.29) is 36.5 Å². The summed E-state index contributed by atoms with van der Waals surface area (Å²) in [5.41, 5.74) is 1.66. The van der Waals surface area contributed by atoms with Crippen molar-refractivity contribution in [2.24, 2.45) is 0 Å². The summed E-state index contributed by atoms with van der Waals surface area (Å²) < 4.78 is 10.5. The Morgan fingerprint density at radius 2 is 2.20 bits per heavy atom. The van der Waals surface area contributed by atoms with Gasteiger partial charge in [-0.2, -0.15) is 5.10 Å². The van der Waals surface area contributed by atoms with Gasteiger partial charge in [-0.3, -0.25) is 9.89 Å². The Morgan fingerprint density at radius 1 is 1.37 bits per heavy atom. The first-order valence-electron chi connectivity index (χ1n) is 10.3. The maximum atomic E-state index is 12.4. The van der Waals surface area contributed by atoms with Gasteiger partial charge in [0.05, 0.1) is 13.5 Å². The van der Waals surface area contributed by atoms with Gasteiger partial charge in [0.25, 0.3) is 0 Å². The topological polar surface area (TPSA) is 118 Å². The fourth-order valence-electron chi connectivity index (χ4n) is 3.57. The number of H-pyrrole nitrogens is 1. The van der Waals surface area contributed by atoms with Gasteiger partial charge in [-0.1, -0.05) is 13.0 Å². The Balaban J connectivity index is 1.50. The highest BCUT2D eigenvalue weighted by Crippen LogP contribution is 2.34. The van der Waals surface area contributed by atoms with Crippen molar-refractivity contribution in [1.82, 2.24) is 20.5 Å². The molecule has 1 fully saturated rings. The van der Waals surface area contributed by atoms with E-state index in [9.17, 15) is 9.59 Å². The molecule has 1 aliphatic carbocycles. The number of nitrogens with zero attached hydrogens (tertiary/aromatic N) is 2. The zero-order chi connectivity index (χ0) is 21.5. The van der Waals surface area contributed by atoms with Crippen LogP contribution in [-0.4, -0.2) is 46.4 Å².